The average molecular weight is 160 g/mol. The van der Waals surface area contributed by atoms with E-state index in [1.165, 1.54) is 0 Å². The molecule has 1 aliphatic carbocycles. The van der Waals surface area contributed by atoms with Crippen LogP contribution in [0.1, 0.15) is 29.5 Å². The van der Waals surface area contributed by atoms with E-state index in [1.54, 1.807) is 6.20 Å². The topological polar surface area (TPSA) is 75.6 Å². The van der Waals surface area contributed by atoms with Gasteiger partial charge >= 0.3 is 0 Å². The molecule has 60 valence electrons. The second kappa shape index (κ2) is 2.54. The van der Waals surface area contributed by atoms with Gasteiger partial charge < -0.3 is 5.73 Å². The molecule has 0 amide bonds. The van der Waals surface area contributed by atoms with Crippen LogP contribution in [0.2, 0.25) is 0 Å². The molecular formula is C8H8N4. The second-order valence-corrected chi connectivity index (χ2v) is 2.85. The van der Waals surface area contributed by atoms with Crippen molar-refractivity contribution in [3.63, 3.8) is 0 Å². The summed E-state index contributed by atoms with van der Waals surface area (Å²) < 4.78 is 0. The summed E-state index contributed by atoms with van der Waals surface area (Å²) in [5.74, 6) is 0.239. The Morgan fingerprint density at radius 1 is 1.67 bits per heavy atom. The summed E-state index contributed by atoms with van der Waals surface area (Å²) in [5.41, 5.74) is 7.71. The Morgan fingerprint density at radius 3 is 3.25 bits per heavy atom. The first-order chi connectivity index (χ1) is 5.81. The molecule has 0 radical (unpaired) electrons. The van der Waals surface area contributed by atoms with E-state index in [0.717, 1.165) is 24.1 Å². The third kappa shape index (κ3) is 0.953. The number of nitriles is 1. The fraction of sp³-hybridized carbons (Fsp3) is 0.375. The lowest BCUT2D eigenvalue weighted by atomic mass is 10.2. The Labute approximate surface area is 70.1 Å². The van der Waals surface area contributed by atoms with Crippen molar-refractivity contribution in [3.05, 3.63) is 23.3 Å². The Bertz CT molecular complexity index is 353. The number of hydrogen-bond donors (Lipinski definition) is 1. The molecule has 0 saturated carbocycles. The minimum absolute atomic E-state index is 0.0627. The van der Waals surface area contributed by atoms with E-state index in [2.05, 4.69) is 9.97 Å². The van der Waals surface area contributed by atoms with Gasteiger partial charge in [0.25, 0.3) is 0 Å². The van der Waals surface area contributed by atoms with Crippen LogP contribution in [0.3, 0.4) is 0 Å². The minimum Gasteiger partial charge on any atom is -0.324 e. The smallest absolute Gasteiger partial charge is 0.232 e. The van der Waals surface area contributed by atoms with Gasteiger partial charge in [0.05, 0.1) is 0 Å². The molecule has 0 bridgehead atoms. The molecule has 0 aliphatic heterocycles. The van der Waals surface area contributed by atoms with Crippen LogP contribution in [-0.4, -0.2) is 9.97 Å². The summed E-state index contributed by atoms with van der Waals surface area (Å²) in [6.45, 7) is 0. The fourth-order valence-electron chi connectivity index (χ4n) is 1.44. The van der Waals surface area contributed by atoms with Gasteiger partial charge in [-0.1, -0.05) is 0 Å². The van der Waals surface area contributed by atoms with Gasteiger partial charge in [-0.25, -0.2) is 9.97 Å². The van der Waals surface area contributed by atoms with Crippen LogP contribution in [-0.2, 0) is 6.42 Å². The molecule has 1 aliphatic rings. The van der Waals surface area contributed by atoms with Crippen molar-refractivity contribution in [3.8, 4) is 6.07 Å². The molecular weight excluding hydrogens is 152 g/mol. The summed E-state index contributed by atoms with van der Waals surface area (Å²) in [6.07, 6.45) is 3.45. The first-order valence-corrected chi connectivity index (χ1v) is 3.83. The highest BCUT2D eigenvalue weighted by Crippen LogP contribution is 2.26. The Balaban J connectivity index is 2.50. The van der Waals surface area contributed by atoms with Crippen LogP contribution < -0.4 is 5.73 Å². The molecule has 4 heteroatoms. The van der Waals surface area contributed by atoms with Crippen LogP contribution in [0.25, 0.3) is 0 Å². The second-order valence-electron chi connectivity index (χ2n) is 2.85. The molecule has 4 nitrogen and oxygen atoms in total. The molecule has 0 aromatic carbocycles. The largest absolute Gasteiger partial charge is 0.324 e. The highest BCUT2D eigenvalue weighted by Gasteiger charge is 2.20. The molecule has 1 heterocycles. The maximum Gasteiger partial charge on any atom is 0.232 e. The van der Waals surface area contributed by atoms with Gasteiger partial charge in [0.15, 0.2) is 0 Å². The Hall–Kier alpha value is -1.47. The number of aromatic nitrogens is 2. The van der Waals surface area contributed by atoms with Crippen molar-refractivity contribution < 1.29 is 0 Å². The van der Waals surface area contributed by atoms with E-state index in [-0.39, 0.29) is 11.9 Å². The Morgan fingerprint density at radius 2 is 2.50 bits per heavy atom. The molecule has 0 saturated heterocycles. The van der Waals surface area contributed by atoms with E-state index in [0.29, 0.717) is 0 Å². The molecule has 0 fully saturated rings. The molecule has 2 rings (SSSR count). The molecule has 12 heavy (non-hydrogen) atoms. The normalized spacial score (nSPS) is 20.2. The quantitative estimate of drug-likeness (QED) is 0.592. The minimum atomic E-state index is 0.0627. The van der Waals surface area contributed by atoms with Gasteiger partial charge in [-0.15, -0.1) is 0 Å². The average Bonchev–Trinajstić information content (AvgIpc) is 2.47. The SMILES string of the molecule is N#Cc1ncc2c(n1)CC[C@H]2N. The predicted octanol–water partition coefficient (Wildman–Crippen LogP) is 0.294. The van der Waals surface area contributed by atoms with E-state index in [4.69, 9.17) is 11.0 Å². The first-order valence-electron chi connectivity index (χ1n) is 3.83. The molecule has 1 atom stereocenters. The lowest BCUT2D eigenvalue weighted by Gasteiger charge is -2.01. The highest BCUT2D eigenvalue weighted by molar-refractivity contribution is 5.28. The molecule has 2 N–H and O–H groups in total. The van der Waals surface area contributed by atoms with Crippen molar-refractivity contribution in [2.24, 2.45) is 5.73 Å². The summed E-state index contributed by atoms with van der Waals surface area (Å²) >= 11 is 0. The van der Waals surface area contributed by atoms with Crippen molar-refractivity contribution in [2.75, 3.05) is 0 Å². The van der Waals surface area contributed by atoms with Gasteiger partial charge in [0.2, 0.25) is 5.82 Å². The van der Waals surface area contributed by atoms with Gasteiger partial charge in [-0.2, -0.15) is 5.26 Å². The van der Waals surface area contributed by atoms with Crippen molar-refractivity contribution >= 4 is 0 Å². The monoisotopic (exact) mass is 160 g/mol. The van der Waals surface area contributed by atoms with Crippen molar-refractivity contribution in [1.29, 1.82) is 5.26 Å². The zero-order valence-electron chi connectivity index (χ0n) is 6.49. The third-order valence-corrected chi connectivity index (χ3v) is 2.09. The first kappa shape index (κ1) is 7.19. The van der Waals surface area contributed by atoms with Crippen molar-refractivity contribution in [2.45, 2.75) is 18.9 Å². The van der Waals surface area contributed by atoms with E-state index < -0.39 is 0 Å². The highest BCUT2D eigenvalue weighted by atomic mass is 14.9. The van der Waals surface area contributed by atoms with Crippen LogP contribution in [0.4, 0.5) is 0 Å². The van der Waals surface area contributed by atoms with Crippen molar-refractivity contribution in [1.82, 2.24) is 9.97 Å². The van der Waals surface area contributed by atoms with Gasteiger partial charge in [-0.3, -0.25) is 0 Å². The molecule has 1 aromatic rings. The lowest BCUT2D eigenvalue weighted by molar-refractivity contribution is 0.711. The van der Waals surface area contributed by atoms with E-state index in [9.17, 15) is 0 Å². The number of hydrogen-bond acceptors (Lipinski definition) is 4. The van der Waals surface area contributed by atoms with Crippen LogP contribution >= 0.6 is 0 Å². The van der Waals surface area contributed by atoms with Gasteiger partial charge in [0, 0.05) is 23.5 Å². The van der Waals surface area contributed by atoms with Crippen LogP contribution in [0.15, 0.2) is 6.20 Å². The maximum absolute atomic E-state index is 8.53. The number of nitrogens with two attached hydrogens (primary N) is 1. The number of rotatable bonds is 0. The lowest BCUT2D eigenvalue weighted by Crippen LogP contribution is -2.06. The van der Waals surface area contributed by atoms with Crippen LogP contribution in [0, 0.1) is 11.3 Å². The van der Waals surface area contributed by atoms with E-state index >= 15 is 0 Å². The van der Waals surface area contributed by atoms with Gasteiger partial charge in [-0.05, 0) is 12.8 Å². The number of aryl methyl sites for hydroxylation is 1. The number of fused-ring (bicyclic) bond motifs is 1. The molecule has 0 unspecified atom stereocenters. The summed E-state index contributed by atoms with van der Waals surface area (Å²) in [5, 5.41) is 8.53. The third-order valence-electron chi connectivity index (χ3n) is 2.09. The van der Waals surface area contributed by atoms with Crippen LogP contribution in [0.5, 0.6) is 0 Å². The standard InChI is InChI=1S/C8H8N4/c9-3-8-11-4-5-6(10)1-2-7(5)12-8/h4,6H,1-2,10H2/t6-/m1/s1. The van der Waals surface area contributed by atoms with Gasteiger partial charge in [0.1, 0.15) is 6.07 Å². The predicted molar refractivity (Wildman–Crippen MR) is 42.0 cm³/mol. The summed E-state index contributed by atoms with van der Waals surface area (Å²) in [4.78, 5) is 7.94. The summed E-state index contributed by atoms with van der Waals surface area (Å²) in [6, 6.07) is 1.97. The number of nitrogens with zero attached hydrogens (tertiary/aromatic N) is 3. The molecule has 0 spiro atoms. The maximum atomic E-state index is 8.53. The zero-order chi connectivity index (χ0) is 8.55. The molecule has 1 aromatic heterocycles. The summed E-state index contributed by atoms with van der Waals surface area (Å²) in [7, 11) is 0. The zero-order valence-corrected chi connectivity index (χ0v) is 6.49. The fourth-order valence-corrected chi connectivity index (χ4v) is 1.44. The Kier molecular flexibility index (Phi) is 1.52. The van der Waals surface area contributed by atoms with E-state index in [1.807, 2.05) is 6.07 Å².